The second kappa shape index (κ2) is 19.5. The maximum absolute atomic E-state index is 12.2. The van der Waals surface area contributed by atoms with Crippen molar-refractivity contribution in [2.45, 2.75) is 0 Å². The zero-order valence-electron chi connectivity index (χ0n) is 44.7. The third-order valence-electron chi connectivity index (χ3n) is 15.6. The average Bonchev–Trinajstić information content (AvgIpc) is 1.98. The molecule has 4 N–H and O–H groups in total. The molecule has 20 nitrogen and oxygen atoms in total. The maximum Gasteiger partial charge on any atom is 2.00 e. The van der Waals surface area contributed by atoms with Gasteiger partial charge in [-0.1, -0.05) is 182 Å². The van der Waals surface area contributed by atoms with Gasteiger partial charge in [-0.15, -0.1) is 0 Å². The van der Waals surface area contributed by atoms with Crippen molar-refractivity contribution in [3.63, 3.8) is 0 Å². The summed E-state index contributed by atoms with van der Waals surface area (Å²) in [5.74, 6) is 0.965. The second-order valence-electron chi connectivity index (χ2n) is 20.5. The van der Waals surface area contributed by atoms with Crippen molar-refractivity contribution >= 4 is 100 Å². The first-order valence-electron chi connectivity index (χ1n) is 27.1. The number of nitrogens with one attached hydrogen (secondary N) is 4. The molecule has 10 heterocycles. The van der Waals surface area contributed by atoms with Gasteiger partial charge in [0.2, 0.25) is 0 Å². The van der Waals surface area contributed by atoms with Crippen molar-refractivity contribution in [2.75, 3.05) is 0 Å². The number of nitrogens with zero attached hydrogens (tertiary/aromatic N) is 12. The van der Waals surface area contributed by atoms with Crippen LogP contribution in [0.25, 0.3) is 179 Å². The number of fused-ring (bicyclic) bond motifs is 40. The van der Waals surface area contributed by atoms with Crippen molar-refractivity contribution in [2.24, 2.45) is 0 Å². The van der Waals surface area contributed by atoms with Crippen molar-refractivity contribution in [3.05, 3.63) is 193 Å². The molecule has 14 aromatic rings. The van der Waals surface area contributed by atoms with Crippen LogP contribution in [-0.4, -0.2) is 91.7 Å². The molecule has 0 saturated heterocycles. The molecule has 4 aliphatic heterocycles. The number of hydrogen-bond acceptors (Lipinski definition) is 16. The third-order valence-corrected chi connectivity index (χ3v) is 15.6. The Morgan fingerprint density at radius 3 is 0.678 bits per heavy atom. The van der Waals surface area contributed by atoms with Crippen LogP contribution < -0.4 is 10.2 Å². The van der Waals surface area contributed by atoms with E-state index in [1.807, 2.05) is 146 Å². The number of rotatable bonds is 2. The van der Waals surface area contributed by atoms with Gasteiger partial charge in [-0.05, 0) is 0 Å². The van der Waals surface area contributed by atoms with Gasteiger partial charge in [0.15, 0.2) is 46.6 Å². The van der Waals surface area contributed by atoms with E-state index in [0.717, 1.165) is 66.1 Å². The molecule has 409 valence electrons. The Kier molecular flexibility index (Phi) is 11.4. The summed E-state index contributed by atoms with van der Waals surface area (Å²) in [6.07, 6.45) is 0. The summed E-state index contributed by atoms with van der Waals surface area (Å²) in [4.78, 5) is 96.4. The summed E-state index contributed by atoms with van der Waals surface area (Å²) in [5.41, 5.74) is 10.2. The predicted molar refractivity (Wildman–Crippen MR) is 321 cm³/mol. The topological polar surface area (TPSA) is 298 Å². The minimum absolute atomic E-state index is 0. The Balaban J connectivity index is 0.000000139. The molecule has 0 fully saturated rings. The molecular formula is C66H34MnN16O4. The Labute approximate surface area is 498 Å². The smallest absolute Gasteiger partial charge is 0.545 e. The third kappa shape index (κ3) is 8.06. The fourth-order valence-corrected chi connectivity index (χ4v) is 11.7. The molecular weight excluding hydrogens is 1140 g/mol. The van der Waals surface area contributed by atoms with Crippen LogP contribution in [0, 0.1) is 0 Å². The van der Waals surface area contributed by atoms with Crippen LogP contribution in [0.5, 0.6) is 0 Å². The van der Waals surface area contributed by atoms with Gasteiger partial charge in [0.1, 0.15) is 45.2 Å². The first kappa shape index (κ1) is 50.6. The van der Waals surface area contributed by atoms with E-state index in [4.69, 9.17) is 59.8 Å². The number of carbonyl (C=O) groups excluding carboxylic acids is 2. The molecule has 87 heavy (non-hydrogen) atoms. The Bertz CT molecular complexity index is 5370. The minimum Gasteiger partial charge on any atom is -0.545 e. The monoisotopic (exact) mass is 1170 g/mol. The first-order valence-corrected chi connectivity index (χ1v) is 27.1. The number of carbonyl (C=O) groups is 2. The van der Waals surface area contributed by atoms with Crippen LogP contribution >= 0.6 is 0 Å². The number of aromatic nitrogens is 16. The number of carboxylic acid groups (broad SMARTS) is 2. The van der Waals surface area contributed by atoms with Crippen LogP contribution in [0.15, 0.2) is 182 Å². The molecule has 0 atom stereocenters. The van der Waals surface area contributed by atoms with Gasteiger partial charge >= 0.3 is 17.1 Å². The number of aromatic carboxylic acids is 2. The summed E-state index contributed by atoms with van der Waals surface area (Å²) in [6.45, 7) is 0. The molecule has 0 aliphatic carbocycles. The SMILES string of the molecule is O=C([O-])c1cccc2c3nc4nc(nc5[nH]c(nc6nc(nc([nH]3)c12)-c1ccccc1-6)c1ccccc51)-c1ccccc1-4.O=C([O-])c1cccc2c3nc4nc(nc5[nH]c(nc6nc(nc([nH]3)c12)-c1ccccc1-6)c1ccccc51)-c1ccccc1-4.[Mn+2]. The largest absolute Gasteiger partial charge is 2.00 e. The Morgan fingerprint density at radius 2 is 0.437 bits per heavy atom. The summed E-state index contributed by atoms with van der Waals surface area (Å²) in [7, 11) is 0. The summed E-state index contributed by atoms with van der Waals surface area (Å²) in [5, 5.41) is 29.9. The Hall–Kier alpha value is -12.1. The first-order chi connectivity index (χ1) is 42.2. The van der Waals surface area contributed by atoms with E-state index in [9.17, 15) is 19.8 Å². The Morgan fingerprint density at radius 1 is 0.241 bits per heavy atom. The van der Waals surface area contributed by atoms with Gasteiger partial charge in [0.05, 0.1) is 11.9 Å². The fourth-order valence-electron chi connectivity index (χ4n) is 11.7. The van der Waals surface area contributed by atoms with Crippen molar-refractivity contribution < 1.29 is 36.9 Å². The molecule has 0 saturated carbocycles. The van der Waals surface area contributed by atoms with Gasteiger partial charge < -0.3 is 39.7 Å². The van der Waals surface area contributed by atoms with Crippen LogP contribution in [0.2, 0.25) is 0 Å². The van der Waals surface area contributed by atoms with Gasteiger partial charge in [-0.2, -0.15) is 0 Å². The van der Waals surface area contributed by atoms with E-state index < -0.39 is 11.9 Å². The molecule has 0 spiro atoms. The number of carboxylic acids is 2. The van der Waals surface area contributed by atoms with Gasteiger partial charge in [-0.3, -0.25) is 0 Å². The maximum atomic E-state index is 12.2. The number of H-pyrrole nitrogens is 4. The summed E-state index contributed by atoms with van der Waals surface area (Å²) in [6, 6.07) is 56.5. The number of aromatic amines is 4. The molecule has 0 unspecified atom stereocenters. The van der Waals surface area contributed by atoms with Crippen molar-refractivity contribution in [1.82, 2.24) is 79.7 Å². The summed E-state index contributed by atoms with van der Waals surface area (Å²) >= 11 is 0. The molecule has 16 bridgehead atoms. The van der Waals surface area contributed by atoms with Crippen LogP contribution in [-0.2, 0) is 17.1 Å². The molecule has 8 aromatic carbocycles. The molecule has 21 heteroatoms. The van der Waals surface area contributed by atoms with Crippen molar-refractivity contribution in [1.29, 1.82) is 0 Å². The standard InChI is InChI=1S/2C33H18N8O2.Mn/c2*42-33(43)23-15-7-14-22-24(23)32-40-30-21-13-6-5-12-20(21)28(38-30)36-26-17-9-2-1-8-16(17)25(34-26)35-27-18-10-3-4-11-19(18)29(37-27)39-31(22)41-32;/h2*1-15H,(H,42,43)(H2,34,35,36,37,38,39,40,41);/q;;+2/p-2. The second-order valence-corrected chi connectivity index (χ2v) is 20.5. The molecule has 1 radical (unpaired) electrons. The van der Waals surface area contributed by atoms with Gasteiger partial charge in [0, 0.05) is 98.7 Å². The van der Waals surface area contributed by atoms with Gasteiger partial charge in [-0.25, -0.2) is 59.8 Å². The van der Waals surface area contributed by atoms with E-state index in [-0.39, 0.29) is 28.2 Å². The molecule has 18 rings (SSSR count). The minimum atomic E-state index is -1.32. The van der Waals surface area contributed by atoms with Gasteiger partial charge in [0.25, 0.3) is 0 Å². The number of benzene rings is 8. The van der Waals surface area contributed by atoms with Crippen LogP contribution in [0.4, 0.5) is 0 Å². The normalized spacial score (nSPS) is 11.8. The van der Waals surface area contributed by atoms with Crippen LogP contribution in [0.1, 0.15) is 20.7 Å². The van der Waals surface area contributed by atoms with E-state index in [1.165, 1.54) is 12.1 Å². The van der Waals surface area contributed by atoms with E-state index >= 15 is 0 Å². The predicted octanol–water partition coefficient (Wildman–Crippen LogP) is 10.5. The quantitative estimate of drug-likeness (QED) is 0.117. The fraction of sp³-hybridized carbons (Fsp3) is 0. The number of hydrogen-bond donors (Lipinski definition) is 4. The van der Waals surface area contributed by atoms with E-state index in [2.05, 4.69) is 19.9 Å². The van der Waals surface area contributed by atoms with E-state index in [1.54, 1.807) is 24.3 Å². The van der Waals surface area contributed by atoms with Crippen molar-refractivity contribution in [3.8, 4) is 91.1 Å². The molecule has 4 aliphatic rings. The molecule has 0 amide bonds. The zero-order valence-corrected chi connectivity index (χ0v) is 45.9. The summed E-state index contributed by atoms with van der Waals surface area (Å²) < 4.78 is 0. The van der Waals surface area contributed by atoms with E-state index in [0.29, 0.717) is 113 Å². The van der Waals surface area contributed by atoms with Crippen LogP contribution in [0.3, 0.4) is 0 Å². The zero-order chi connectivity index (χ0) is 57.3. The average molecular weight is 1170 g/mol. The molecule has 6 aromatic heterocycles.